The maximum absolute atomic E-state index is 12.9. The van der Waals surface area contributed by atoms with Crippen LogP contribution in [0.15, 0.2) is 42.5 Å². The maximum Gasteiger partial charge on any atom is 0.261 e. The number of nitrogens with zero attached hydrogens (tertiary/aromatic N) is 1. The van der Waals surface area contributed by atoms with Crippen molar-refractivity contribution in [2.24, 2.45) is 0 Å². The van der Waals surface area contributed by atoms with Crippen molar-refractivity contribution in [1.29, 1.82) is 0 Å². The van der Waals surface area contributed by atoms with Crippen LogP contribution in [0.1, 0.15) is 15.9 Å². The lowest BCUT2D eigenvalue weighted by atomic mass is 9.97. The minimum Gasteiger partial charge on any atom is -0.497 e. The van der Waals surface area contributed by atoms with Crippen LogP contribution in [0.3, 0.4) is 0 Å². The van der Waals surface area contributed by atoms with Gasteiger partial charge in [-0.3, -0.25) is 4.79 Å². The first kappa shape index (κ1) is 17.3. The second-order valence-electron chi connectivity index (χ2n) is 5.65. The van der Waals surface area contributed by atoms with Crippen molar-refractivity contribution in [2.45, 2.75) is 0 Å². The van der Waals surface area contributed by atoms with Gasteiger partial charge >= 0.3 is 0 Å². The van der Waals surface area contributed by atoms with Gasteiger partial charge in [-0.2, -0.15) is 0 Å². The van der Waals surface area contributed by atoms with E-state index in [2.05, 4.69) is 12.8 Å². The highest BCUT2D eigenvalue weighted by atomic mass is 16.5. The standard InChI is InChI=1S/C21H20NO3/c1-22(17-10-8-16(9-11-17)15-6-4-5-7-15)21(23)19-14-18(24-2)12-13-20(19)25-3/h4-14H,1-3H3. The molecule has 4 heteroatoms. The molecular formula is C21H20NO3. The molecule has 4 nitrogen and oxygen atoms in total. The summed E-state index contributed by atoms with van der Waals surface area (Å²) in [5.41, 5.74) is 2.39. The van der Waals surface area contributed by atoms with Gasteiger partial charge in [-0.05, 0) is 61.6 Å². The molecule has 0 unspecified atom stereocenters. The molecule has 0 saturated heterocycles. The average Bonchev–Trinajstić information content (AvgIpc) is 3.21. The van der Waals surface area contributed by atoms with Crippen molar-refractivity contribution in [2.75, 3.05) is 26.2 Å². The molecule has 5 radical (unpaired) electrons. The van der Waals surface area contributed by atoms with Gasteiger partial charge in [0.25, 0.3) is 5.91 Å². The normalized spacial score (nSPS) is 14.4. The van der Waals surface area contributed by atoms with Crippen molar-refractivity contribution in [1.82, 2.24) is 0 Å². The fourth-order valence-electron chi connectivity index (χ4n) is 2.72. The Morgan fingerprint density at radius 2 is 1.60 bits per heavy atom. The van der Waals surface area contributed by atoms with Crippen LogP contribution in [-0.2, 0) is 0 Å². The Morgan fingerprint density at radius 1 is 0.920 bits per heavy atom. The third kappa shape index (κ3) is 3.63. The Kier molecular flexibility index (Phi) is 5.27. The van der Waals surface area contributed by atoms with E-state index < -0.39 is 0 Å². The molecule has 0 heterocycles. The van der Waals surface area contributed by atoms with E-state index in [1.165, 1.54) is 0 Å². The third-order valence-electron chi connectivity index (χ3n) is 4.19. The quantitative estimate of drug-likeness (QED) is 0.836. The average molecular weight is 334 g/mol. The predicted molar refractivity (Wildman–Crippen MR) is 98.3 cm³/mol. The van der Waals surface area contributed by atoms with Crippen LogP contribution in [0.2, 0.25) is 0 Å². The molecule has 1 fully saturated rings. The molecule has 1 aliphatic carbocycles. The van der Waals surface area contributed by atoms with E-state index in [1.807, 2.05) is 37.1 Å². The minimum absolute atomic E-state index is 0.156. The smallest absolute Gasteiger partial charge is 0.261 e. The molecule has 1 saturated carbocycles. The zero-order chi connectivity index (χ0) is 17.8. The number of hydrogen-bond donors (Lipinski definition) is 0. The van der Waals surface area contributed by atoms with E-state index >= 15 is 0 Å². The van der Waals surface area contributed by atoms with Gasteiger partial charge in [0.1, 0.15) is 11.5 Å². The summed E-state index contributed by atoms with van der Waals surface area (Å²) < 4.78 is 10.5. The van der Waals surface area contributed by atoms with Gasteiger partial charge < -0.3 is 14.4 Å². The van der Waals surface area contributed by atoms with E-state index in [0.29, 0.717) is 17.1 Å². The lowest BCUT2D eigenvalue weighted by molar-refractivity contribution is 0.0989. The summed E-state index contributed by atoms with van der Waals surface area (Å²) in [5, 5.41) is 0. The lowest BCUT2D eigenvalue weighted by Crippen LogP contribution is -2.26. The van der Waals surface area contributed by atoms with Gasteiger partial charge in [-0.15, -0.1) is 0 Å². The molecule has 25 heavy (non-hydrogen) atoms. The predicted octanol–water partition coefficient (Wildman–Crippen LogP) is 3.73. The number of amides is 1. The lowest BCUT2D eigenvalue weighted by Gasteiger charge is -2.20. The summed E-state index contributed by atoms with van der Waals surface area (Å²) in [7, 11) is 4.87. The SMILES string of the molecule is COc1ccc(OC)c(C(=O)N(C)c2ccc([C]3[CH][CH][CH][CH]3)cc2)c1. The van der Waals surface area contributed by atoms with E-state index in [4.69, 9.17) is 9.47 Å². The molecule has 2 aromatic carbocycles. The van der Waals surface area contributed by atoms with Gasteiger partial charge in [-0.25, -0.2) is 0 Å². The van der Waals surface area contributed by atoms with Crippen molar-refractivity contribution in [3.8, 4) is 11.5 Å². The number of methoxy groups -OCH3 is 2. The molecule has 0 aliphatic heterocycles. The van der Waals surface area contributed by atoms with E-state index in [1.54, 1.807) is 44.4 Å². The summed E-state index contributed by atoms with van der Waals surface area (Å²) >= 11 is 0. The highest BCUT2D eigenvalue weighted by molar-refractivity contribution is 6.07. The largest absolute Gasteiger partial charge is 0.497 e. The summed E-state index contributed by atoms with van der Waals surface area (Å²) in [5.74, 6) is 2.14. The van der Waals surface area contributed by atoms with Crippen LogP contribution in [0, 0.1) is 31.6 Å². The third-order valence-corrected chi connectivity index (χ3v) is 4.19. The molecule has 1 amide bonds. The summed E-state index contributed by atoms with van der Waals surface area (Å²) in [6, 6.07) is 13.1. The molecule has 2 aromatic rings. The molecular weight excluding hydrogens is 314 g/mol. The second-order valence-corrected chi connectivity index (χ2v) is 5.65. The van der Waals surface area contributed by atoms with Crippen molar-refractivity contribution < 1.29 is 14.3 Å². The fraction of sp³-hybridized carbons (Fsp3) is 0.143. The maximum atomic E-state index is 12.9. The van der Waals surface area contributed by atoms with Crippen molar-refractivity contribution in [3.05, 3.63) is 85.2 Å². The highest BCUT2D eigenvalue weighted by Gasteiger charge is 2.21. The Morgan fingerprint density at radius 3 is 2.20 bits per heavy atom. The molecule has 0 aromatic heterocycles. The van der Waals surface area contributed by atoms with Crippen molar-refractivity contribution >= 4 is 11.6 Å². The molecule has 3 rings (SSSR count). The first-order chi connectivity index (χ1) is 12.1. The van der Waals surface area contributed by atoms with Gasteiger partial charge in [0.05, 0.1) is 19.8 Å². The van der Waals surface area contributed by atoms with Crippen LogP contribution in [0.5, 0.6) is 11.5 Å². The Bertz CT molecular complexity index is 733. The van der Waals surface area contributed by atoms with Gasteiger partial charge in [0.2, 0.25) is 0 Å². The zero-order valence-corrected chi connectivity index (χ0v) is 14.5. The number of benzene rings is 2. The van der Waals surface area contributed by atoms with Crippen LogP contribution in [-0.4, -0.2) is 27.2 Å². The minimum atomic E-state index is -0.156. The topological polar surface area (TPSA) is 38.8 Å². The summed E-state index contributed by atoms with van der Waals surface area (Å²) in [6.45, 7) is 0. The monoisotopic (exact) mass is 334 g/mol. The van der Waals surface area contributed by atoms with Gasteiger partial charge in [0, 0.05) is 18.7 Å². The highest BCUT2D eigenvalue weighted by Crippen LogP contribution is 2.32. The molecule has 1 aliphatic rings. The number of hydrogen-bond acceptors (Lipinski definition) is 3. The first-order valence-electron chi connectivity index (χ1n) is 7.96. The van der Waals surface area contributed by atoms with Crippen LogP contribution in [0.4, 0.5) is 5.69 Å². The molecule has 0 bridgehead atoms. The Hall–Kier alpha value is -2.49. The van der Waals surface area contributed by atoms with Gasteiger partial charge in [0.15, 0.2) is 0 Å². The molecule has 0 atom stereocenters. The fourth-order valence-corrected chi connectivity index (χ4v) is 2.72. The summed E-state index contributed by atoms with van der Waals surface area (Å²) in [4.78, 5) is 14.5. The van der Waals surface area contributed by atoms with E-state index in [-0.39, 0.29) is 5.91 Å². The number of carbonyl (C=O) groups is 1. The van der Waals surface area contributed by atoms with Crippen LogP contribution < -0.4 is 14.4 Å². The van der Waals surface area contributed by atoms with Crippen LogP contribution >= 0.6 is 0 Å². The number of rotatable bonds is 5. The second kappa shape index (κ2) is 7.60. The summed E-state index contributed by atoms with van der Waals surface area (Å²) in [6.07, 6.45) is 8.14. The number of carbonyl (C=O) groups excluding carboxylic acids is 1. The number of anilines is 1. The van der Waals surface area contributed by atoms with Crippen molar-refractivity contribution in [3.63, 3.8) is 0 Å². The molecule has 127 valence electrons. The molecule has 0 N–H and O–H groups in total. The zero-order valence-electron chi connectivity index (χ0n) is 14.5. The van der Waals surface area contributed by atoms with E-state index in [0.717, 1.165) is 17.2 Å². The molecule has 0 spiro atoms. The Labute approximate surface area is 149 Å². The van der Waals surface area contributed by atoms with E-state index in [9.17, 15) is 4.79 Å². The van der Waals surface area contributed by atoms with Gasteiger partial charge in [-0.1, -0.05) is 12.1 Å². The first-order valence-corrected chi connectivity index (χ1v) is 7.96. The van der Waals surface area contributed by atoms with Crippen LogP contribution in [0.25, 0.3) is 0 Å². The Balaban J connectivity index is 1.82. The number of ether oxygens (including phenoxy) is 2.